The summed E-state index contributed by atoms with van der Waals surface area (Å²) in [6.45, 7) is 2.02. The first-order valence-corrected chi connectivity index (χ1v) is 9.36. The van der Waals surface area contributed by atoms with Gasteiger partial charge in [0.1, 0.15) is 0 Å². The molecule has 0 spiro atoms. The van der Waals surface area contributed by atoms with E-state index in [0.717, 1.165) is 31.2 Å². The highest BCUT2D eigenvalue weighted by Crippen LogP contribution is 2.42. The van der Waals surface area contributed by atoms with E-state index in [2.05, 4.69) is 10.6 Å². The van der Waals surface area contributed by atoms with E-state index in [9.17, 15) is 14.4 Å². The molecule has 26 heavy (non-hydrogen) atoms. The fourth-order valence-electron chi connectivity index (χ4n) is 3.21. The molecule has 1 aromatic rings. The quantitative estimate of drug-likeness (QED) is 0.561. The molecule has 142 valence electrons. The maximum Gasteiger partial charge on any atom is 0.321 e. The van der Waals surface area contributed by atoms with Gasteiger partial charge >= 0.3 is 12.0 Å². The van der Waals surface area contributed by atoms with Crippen LogP contribution in [-0.2, 0) is 19.7 Å². The topological polar surface area (TPSA) is 84.5 Å². The van der Waals surface area contributed by atoms with Crippen molar-refractivity contribution in [2.45, 2.75) is 50.9 Å². The molecule has 0 unspecified atom stereocenters. The number of halogens is 1. The zero-order valence-electron chi connectivity index (χ0n) is 15.0. The third kappa shape index (κ3) is 5.21. The number of amides is 3. The number of ether oxygens (including phenoxy) is 1. The molecule has 0 aromatic heterocycles. The van der Waals surface area contributed by atoms with Gasteiger partial charge in [-0.05, 0) is 37.0 Å². The van der Waals surface area contributed by atoms with E-state index in [0.29, 0.717) is 24.4 Å². The van der Waals surface area contributed by atoms with Crippen LogP contribution >= 0.6 is 11.6 Å². The van der Waals surface area contributed by atoms with Crippen LogP contribution in [-0.4, -0.2) is 31.1 Å². The lowest BCUT2D eigenvalue weighted by molar-refractivity contribution is -0.154. The Morgan fingerprint density at radius 3 is 2.42 bits per heavy atom. The van der Waals surface area contributed by atoms with Crippen LogP contribution in [0.25, 0.3) is 0 Å². The molecule has 2 N–H and O–H groups in total. The Balaban J connectivity index is 1.91. The van der Waals surface area contributed by atoms with Crippen LogP contribution in [0, 0.1) is 0 Å². The van der Waals surface area contributed by atoms with Gasteiger partial charge in [-0.3, -0.25) is 14.9 Å². The van der Waals surface area contributed by atoms with Gasteiger partial charge in [-0.25, -0.2) is 4.79 Å². The van der Waals surface area contributed by atoms with E-state index in [1.807, 2.05) is 19.1 Å². The highest BCUT2D eigenvalue weighted by molar-refractivity contribution is 6.30. The van der Waals surface area contributed by atoms with E-state index in [1.54, 1.807) is 12.1 Å². The number of esters is 1. The Labute approximate surface area is 158 Å². The molecule has 7 heteroatoms. The molecule has 1 fully saturated rings. The highest BCUT2D eigenvalue weighted by Gasteiger charge is 2.44. The summed E-state index contributed by atoms with van der Waals surface area (Å²) in [6.07, 6.45) is 4.96. The number of benzene rings is 1. The van der Waals surface area contributed by atoms with Crippen molar-refractivity contribution >= 4 is 29.5 Å². The number of imide groups is 1. The van der Waals surface area contributed by atoms with Gasteiger partial charge in [0.05, 0.1) is 5.41 Å². The molecule has 0 saturated heterocycles. The number of unbranched alkanes of at least 4 members (excludes halogenated alkanes) is 1. The molecular formula is C19H25ClN2O4. The van der Waals surface area contributed by atoms with Gasteiger partial charge in [0.2, 0.25) is 0 Å². The Morgan fingerprint density at radius 2 is 1.81 bits per heavy atom. The third-order valence-corrected chi connectivity index (χ3v) is 4.90. The SMILES string of the molecule is CCCCNC(=O)NC(=O)COC(=O)C1(c2ccc(Cl)cc2)CCCC1. The summed E-state index contributed by atoms with van der Waals surface area (Å²) in [5.74, 6) is -1.07. The summed E-state index contributed by atoms with van der Waals surface area (Å²) >= 11 is 5.93. The lowest BCUT2D eigenvalue weighted by atomic mass is 9.79. The molecule has 0 heterocycles. The van der Waals surface area contributed by atoms with Gasteiger partial charge in [-0.2, -0.15) is 0 Å². The summed E-state index contributed by atoms with van der Waals surface area (Å²) in [7, 11) is 0. The molecule has 1 aliphatic carbocycles. The Morgan fingerprint density at radius 1 is 1.15 bits per heavy atom. The van der Waals surface area contributed by atoms with Gasteiger partial charge in [-0.15, -0.1) is 0 Å². The second-order valence-electron chi connectivity index (χ2n) is 6.53. The Hall–Kier alpha value is -2.08. The molecule has 0 radical (unpaired) electrons. The lowest BCUT2D eigenvalue weighted by Crippen LogP contribution is -2.43. The standard InChI is InChI=1S/C19H25ClN2O4/c1-2-3-12-21-18(25)22-16(23)13-26-17(24)19(10-4-5-11-19)14-6-8-15(20)9-7-14/h6-9H,2-5,10-13H2,1H3,(H2,21,22,23,25). The second-order valence-corrected chi connectivity index (χ2v) is 6.97. The summed E-state index contributed by atoms with van der Waals surface area (Å²) in [4.78, 5) is 36.1. The average Bonchev–Trinajstić information content (AvgIpc) is 3.11. The molecule has 0 atom stereocenters. The fourth-order valence-corrected chi connectivity index (χ4v) is 3.34. The van der Waals surface area contributed by atoms with Gasteiger partial charge in [0.15, 0.2) is 6.61 Å². The number of hydrogen-bond acceptors (Lipinski definition) is 4. The largest absolute Gasteiger partial charge is 0.455 e. The van der Waals surface area contributed by atoms with Gasteiger partial charge in [-0.1, -0.05) is 49.9 Å². The third-order valence-electron chi connectivity index (χ3n) is 4.65. The first kappa shape index (κ1) is 20.2. The van der Waals surface area contributed by atoms with Crippen molar-refractivity contribution in [1.82, 2.24) is 10.6 Å². The highest BCUT2D eigenvalue weighted by atomic mass is 35.5. The number of carbonyl (C=O) groups excluding carboxylic acids is 3. The van der Waals surface area contributed by atoms with E-state index in [4.69, 9.17) is 16.3 Å². The van der Waals surface area contributed by atoms with Gasteiger partial charge < -0.3 is 10.1 Å². The number of nitrogens with one attached hydrogen (secondary N) is 2. The number of hydrogen-bond donors (Lipinski definition) is 2. The first-order chi connectivity index (χ1) is 12.5. The van der Waals surface area contributed by atoms with Crippen molar-refractivity contribution in [3.63, 3.8) is 0 Å². The average molecular weight is 381 g/mol. The summed E-state index contributed by atoms with van der Waals surface area (Å²) in [6, 6.07) is 6.58. The van der Waals surface area contributed by atoms with Gasteiger partial charge in [0, 0.05) is 11.6 Å². The van der Waals surface area contributed by atoms with Crippen molar-refractivity contribution < 1.29 is 19.1 Å². The van der Waals surface area contributed by atoms with Crippen LogP contribution in [0.3, 0.4) is 0 Å². The zero-order valence-corrected chi connectivity index (χ0v) is 15.7. The van der Waals surface area contributed by atoms with E-state index < -0.39 is 29.9 Å². The molecule has 1 aliphatic rings. The molecule has 2 rings (SSSR count). The number of carbonyl (C=O) groups is 3. The van der Waals surface area contributed by atoms with Gasteiger partial charge in [0.25, 0.3) is 5.91 Å². The molecule has 0 bridgehead atoms. The molecule has 3 amide bonds. The second kappa shape index (κ2) is 9.57. The molecule has 1 saturated carbocycles. The molecule has 0 aliphatic heterocycles. The van der Waals surface area contributed by atoms with Crippen LogP contribution in [0.5, 0.6) is 0 Å². The minimum absolute atomic E-state index is 0.432. The van der Waals surface area contributed by atoms with E-state index >= 15 is 0 Å². The molecule has 1 aromatic carbocycles. The number of urea groups is 1. The van der Waals surface area contributed by atoms with E-state index in [1.165, 1.54) is 0 Å². The minimum Gasteiger partial charge on any atom is -0.455 e. The van der Waals surface area contributed by atoms with Crippen LogP contribution in [0.4, 0.5) is 4.79 Å². The summed E-state index contributed by atoms with van der Waals surface area (Å²) in [5.41, 5.74) is 0.107. The van der Waals surface area contributed by atoms with Crippen LogP contribution in [0.15, 0.2) is 24.3 Å². The monoisotopic (exact) mass is 380 g/mol. The van der Waals surface area contributed by atoms with Crippen molar-refractivity contribution in [2.24, 2.45) is 0 Å². The maximum absolute atomic E-state index is 12.7. The maximum atomic E-state index is 12.7. The van der Waals surface area contributed by atoms with Crippen molar-refractivity contribution in [1.29, 1.82) is 0 Å². The first-order valence-electron chi connectivity index (χ1n) is 8.99. The van der Waals surface area contributed by atoms with Crippen LogP contribution in [0.2, 0.25) is 5.02 Å². The fraction of sp³-hybridized carbons (Fsp3) is 0.526. The Bertz CT molecular complexity index is 639. The lowest BCUT2D eigenvalue weighted by Gasteiger charge is -2.27. The smallest absolute Gasteiger partial charge is 0.321 e. The zero-order chi connectivity index (χ0) is 19.0. The predicted octanol–water partition coefficient (Wildman–Crippen LogP) is 3.32. The predicted molar refractivity (Wildman–Crippen MR) is 99.0 cm³/mol. The summed E-state index contributed by atoms with van der Waals surface area (Å²) in [5, 5.41) is 5.33. The van der Waals surface area contributed by atoms with E-state index in [-0.39, 0.29) is 0 Å². The molecule has 6 nitrogen and oxygen atoms in total. The summed E-state index contributed by atoms with van der Waals surface area (Å²) < 4.78 is 5.24. The van der Waals surface area contributed by atoms with Crippen molar-refractivity contribution in [2.75, 3.05) is 13.2 Å². The number of rotatable bonds is 7. The van der Waals surface area contributed by atoms with Crippen LogP contribution < -0.4 is 10.6 Å². The van der Waals surface area contributed by atoms with Crippen molar-refractivity contribution in [3.05, 3.63) is 34.9 Å². The van der Waals surface area contributed by atoms with Crippen LogP contribution in [0.1, 0.15) is 51.0 Å². The molecular weight excluding hydrogens is 356 g/mol. The minimum atomic E-state index is -0.742. The van der Waals surface area contributed by atoms with Crippen molar-refractivity contribution in [3.8, 4) is 0 Å². The normalized spacial score (nSPS) is 15.3. The Kier molecular flexibility index (Phi) is 7.45.